The van der Waals surface area contributed by atoms with Gasteiger partial charge < -0.3 is 5.32 Å². The molecule has 18 heavy (non-hydrogen) atoms. The molecule has 1 unspecified atom stereocenters. The van der Waals surface area contributed by atoms with Gasteiger partial charge in [-0.2, -0.15) is 0 Å². The minimum atomic E-state index is -0.118. The highest BCUT2D eigenvalue weighted by Crippen LogP contribution is 2.31. The zero-order valence-corrected chi connectivity index (χ0v) is 11.0. The van der Waals surface area contributed by atoms with Gasteiger partial charge in [0, 0.05) is 17.5 Å². The molecule has 1 aromatic carbocycles. The monoisotopic (exact) mass is 261 g/mol. The SMILES string of the molecule is Fc1ccc2c(c1)CCC2NCCc1cccs1. The molecule has 1 nitrogen and oxygen atoms in total. The Morgan fingerprint density at radius 2 is 2.28 bits per heavy atom. The Morgan fingerprint density at radius 1 is 1.33 bits per heavy atom. The number of hydrogen-bond acceptors (Lipinski definition) is 2. The average molecular weight is 261 g/mol. The van der Waals surface area contributed by atoms with E-state index < -0.39 is 0 Å². The number of rotatable bonds is 4. The maximum absolute atomic E-state index is 13.1. The highest BCUT2D eigenvalue weighted by atomic mass is 32.1. The van der Waals surface area contributed by atoms with Gasteiger partial charge in [-0.05, 0) is 54.0 Å². The Morgan fingerprint density at radius 3 is 3.11 bits per heavy atom. The predicted molar refractivity (Wildman–Crippen MR) is 73.5 cm³/mol. The molecule has 1 aliphatic carbocycles. The summed E-state index contributed by atoms with van der Waals surface area (Å²) in [6.07, 6.45) is 3.15. The molecule has 0 spiro atoms. The molecule has 0 saturated heterocycles. The number of fused-ring (bicyclic) bond motifs is 1. The van der Waals surface area contributed by atoms with Crippen LogP contribution in [0.15, 0.2) is 35.7 Å². The largest absolute Gasteiger partial charge is 0.310 e. The van der Waals surface area contributed by atoms with Gasteiger partial charge in [-0.25, -0.2) is 4.39 Å². The molecule has 0 fully saturated rings. The van der Waals surface area contributed by atoms with Crippen LogP contribution in [-0.2, 0) is 12.8 Å². The van der Waals surface area contributed by atoms with E-state index in [1.165, 1.54) is 16.0 Å². The van der Waals surface area contributed by atoms with E-state index in [1.54, 1.807) is 23.5 Å². The fourth-order valence-electron chi connectivity index (χ4n) is 2.62. The Labute approximate surface area is 111 Å². The highest BCUT2D eigenvalue weighted by Gasteiger charge is 2.21. The van der Waals surface area contributed by atoms with Gasteiger partial charge >= 0.3 is 0 Å². The summed E-state index contributed by atoms with van der Waals surface area (Å²) in [4.78, 5) is 1.42. The molecule has 94 valence electrons. The zero-order chi connectivity index (χ0) is 12.4. The lowest BCUT2D eigenvalue weighted by atomic mass is 10.1. The van der Waals surface area contributed by atoms with E-state index in [0.29, 0.717) is 6.04 Å². The standard InChI is InChI=1S/C15H16FNS/c16-12-4-5-14-11(10-12)3-6-15(14)17-8-7-13-2-1-9-18-13/h1-2,4-5,9-10,15,17H,3,6-8H2. The summed E-state index contributed by atoms with van der Waals surface area (Å²) < 4.78 is 13.1. The van der Waals surface area contributed by atoms with Crippen LogP contribution in [0, 0.1) is 5.82 Å². The fraction of sp³-hybridized carbons (Fsp3) is 0.333. The first-order chi connectivity index (χ1) is 8.83. The van der Waals surface area contributed by atoms with Gasteiger partial charge in [0.25, 0.3) is 0 Å². The van der Waals surface area contributed by atoms with Crippen molar-refractivity contribution in [2.45, 2.75) is 25.3 Å². The number of halogens is 1. The molecule has 0 amide bonds. The molecule has 0 aliphatic heterocycles. The van der Waals surface area contributed by atoms with E-state index in [-0.39, 0.29) is 5.82 Å². The van der Waals surface area contributed by atoms with Gasteiger partial charge in [0.15, 0.2) is 0 Å². The normalized spacial score (nSPS) is 17.9. The van der Waals surface area contributed by atoms with Crippen LogP contribution >= 0.6 is 11.3 Å². The van der Waals surface area contributed by atoms with Gasteiger partial charge in [0.1, 0.15) is 5.82 Å². The lowest BCUT2D eigenvalue weighted by Gasteiger charge is -2.13. The van der Waals surface area contributed by atoms with Crippen LogP contribution in [0.1, 0.15) is 28.5 Å². The summed E-state index contributed by atoms with van der Waals surface area (Å²) in [5.41, 5.74) is 2.45. The van der Waals surface area contributed by atoms with Crippen LogP contribution in [0.4, 0.5) is 4.39 Å². The third kappa shape index (κ3) is 2.47. The lowest BCUT2D eigenvalue weighted by molar-refractivity contribution is 0.534. The Hall–Kier alpha value is -1.19. The van der Waals surface area contributed by atoms with Gasteiger partial charge in [0.05, 0.1) is 0 Å². The van der Waals surface area contributed by atoms with Gasteiger partial charge in [-0.3, -0.25) is 0 Å². The summed E-state index contributed by atoms with van der Waals surface area (Å²) >= 11 is 1.80. The minimum Gasteiger partial charge on any atom is -0.310 e. The maximum atomic E-state index is 13.1. The topological polar surface area (TPSA) is 12.0 Å². The summed E-state index contributed by atoms with van der Waals surface area (Å²) in [7, 11) is 0. The van der Waals surface area contributed by atoms with Gasteiger partial charge in [-0.1, -0.05) is 12.1 Å². The molecule has 2 aromatic rings. The van der Waals surface area contributed by atoms with Crippen molar-refractivity contribution in [1.29, 1.82) is 0 Å². The lowest BCUT2D eigenvalue weighted by Crippen LogP contribution is -2.21. The summed E-state index contributed by atoms with van der Waals surface area (Å²) in [6, 6.07) is 9.84. The van der Waals surface area contributed by atoms with Crippen LogP contribution in [0.2, 0.25) is 0 Å². The van der Waals surface area contributed by atoms with Gasteiger partial charge in [-0.15, -0.1) is 11.3 Å². The Balaban J connectivity index is 1.59. The highest BCUT2D eigenvalue weighted by molar-refractivity contribution is 7.09. The number of aryl methyl sites for hydroxylation is 1. The van der Waals surface area contributed by atoms with Crippen LogP contribution in [-0.4, -0.2) is 6.54 Å². The number of hydrogen-bond donors (Lipinski definition) is 1. The predicted octanol–water partition coefficient (Wildman–Crippen LogP) is 3.71. The van der Waals surface area contributed by atoms with Crippen molar-refractivity contribution in [2.24, 2.45) is 0 Å². The van der Waals surface area contributed by atoms with Gasteiger partial charge in [0.2, 0.25) is 0 Å². The van der Waals surface area contributed by atoms with Crippen LogP contribution in [0.3, 0.4) is 0 Å². The molecule has 3 heteroatoms. The van der Waals surface area contributed by atoms with E-state index in [0.717, 1.165) is 25.8 Å². The molecule has 1 aromatic heterocycles. The van der Waals surface area contributed by atoms with Crippen molar-refractivity contribution in [2.75, 3.05) is 6.54 Å². The smallest absolute Gasteiger partial charge is 0.123 e. The first kappa shape index (κ1) is 11.9. The maximum Gasteiger partial charge on any atom is 0.123 e. The zero-order valence-electron chi connectivity index (χ0n) is 10.2. The quantitative estimate of drug-likeness (QED) is 0.884. The van der Waals surface area contributed by atoms with Crippen molar-refractivity contribution < 1.29 is 4.39 Å². The summed E-state index contributed by atoms with van der Waals surface area (Å²) in [6.45, 7) is 0.988. The van der Waals surface area contributed by atoms with Crippen molar-refractivity contribution >= 4 is 11.3 Å². The second-order valence-corrected chi connectivity index (χ2v) is 5.75. The van der Waals surface area contributed by atoms with Crippen molar-refractivity contribution in [3.63, 3.8) is 0 Å². The van der Waals surface area contributed by atoms with Crippen LogP contribution in [0.25, 0.3) is 0 Å². The third-order valence-electron chi connectivity index (χ3n) is 3.53. The number of benzene rings is 1. The second-order valence-electron chi connectivity index (χ2n) is 4.72. The molecule has 0 saturated carbocycles. The van der Waals surface area contributed by atoms with Crippen molar-refractivity contribution in [3.05, 3.63) is 57.5 Å². The Kier molecular flexibility index (Phi) is 3.43. The van der Waals surface area contributed by atoms with Crippen LogP contribution in [0.5, 0.6) is 0 Å². The molecule has 3 rings (SSSR count). The van der Waals surface area contributed by atoms with Crippen LogP contribution < -0.4 is 5.32 Å². The minimum absolute atomic E-state index is 0.118. The molecule has 0 radical (unpaired) electrons. The average Bonchev–Trinajstić information content (AvgIpc) is 2.99. The van der Waals surface area contributed by atoms with Crippen molar-refractivity contribution in [3.8, 4) is 0 Å². The molecular weight excluding hydrogens is 245 g/mol. The summed E-state index contributed by atoms with van der Waals surface area (Å²) in [5.74, 6) is -0.118. The molecular formula is C15H16FNS. The molecule has 0 bridgehead atoms. The number of thiophene rings is 1. The molecule has 1 heterocycles. The van der Waals surface area contributed by atoms with E-state index in [4.69, 9.17) is 0 Å². The first-order valence-electron chi connectivity index (χ1n) is 6.37. The van der Waals surface area contributed by atoms with E-state index in [2.05, 4.69) is 22.8 Å². The second kappa shape index (κ2) is 5.21. The van der Waals surface area contributed by atoms with E-state index in [1.807, 2.05) is 6.07 Å². The Bertz CT molecular complexity index is 521. The first-order valence-corrected chi connectivity index (χ1v) is 7.25. The van der Waals surface area contributed by atoms with E-state index >= 15 is 0 Å². The summed E-state index contributed by atoms with van der Waals surface area (Å²) in [5, 5.41) is 5.69. The molecule has 1 N–H and O–H groups in total. The van der Waals surface area contributed by atoms with E-state index in [9.17, 15) is 4.39 Å². The fourth-order valence-corrected chi connectivity index (χ4v) is 3.33. The van der Waals surface area contributed by atoms with Crippen molar-refractivity contribution in [1.82, 2.24) is 5.32 Å². The number of nitrogens with one attached hydrogen (secondary N) is 1. The molecule has 1 atom stereocenters. The third-order valence-corrected chi connectivity index (χ3v) is 4.46. The molecule has 1 aliphatic rings.